The Labute approximate surface area is 128 Å². The van der Waals surface area contributed by atoms with Gasteiger partial charge in [0.25, 0.3) is 0 Å². The first-order valence-electron chi connectivity index (χ1n) is 8.33. The van der Waals surface area contributed by atoms with E-state index in [1.807, 2.05) is 0 Å². The largest absolute Gasteiger partial charge is 0.497 e. The molecule has 0 radical (unpaired) electrons. The highest BCUT2D eigenvalue weighted by atomic mass is 16.5. The van der Waals surface area contributed by atoms with Crippen LogP contribution in [0.5, 0.6) is 5.75 Å². The van der Waals surface area contributed by atoms with Crippen LogP contribution < -0.4 is 10.1 Å². The van der Waals surface area contributed by atoms with Crippen LogP contribution in [0.2, 0.25) is 0 Å². The van der Waals surface area contributed by atoms with Crippen LogP contribution in [0.3, 0.4) is 0 Å². The average molecular weight is 288 g/mol. The molecule has 2 heterocycles. The predicted molar refractivity (Wildman–Crippen MR) is 86.8 cm³/mol. The van der Waals surface area contributed by atoms with Crippen molar-refractivity contribution in [3.05, 3.63) is 29.8 Å². The second kappa shape index (κ2) is 6.37. The summed E-state index contributed by atoms with van der Waals surface area (Å²) in [7, 11) is 4.04. The molecule has 2 saturated heterocycles. The van der Waals surface area contributed by atoms with Crippen molar-refractivity contribution in [1.82, 2.24) is 10.2 Å². The Morgan fingerprint density at radius 2 is 1.81 bits per heavy atom. The number of hydrogen-bond donors (Lipinski definition) is 1. The van der Waals surface area contributed by atoms with Gasteiger partial charge in [0.15, 0.2) is 0 Å². The first-order chi connectivity index (χ1) is 10.2. The van der Waals surface area contributed by atoms with Crippen LogP contribution in [0.4, 0.5) is 0 Å². The van der Waals surface area contributed by atoms with Crippen LogP contribution in [0.25, 0.3) is 0 Å². The van der Waals surface area contributed by atoms with E-state index < -0.39 is 0 Å². The van der Waals surface area contributed by atoms with E-state index in [9.17, 15) is 0 Å². The molecular weight excluding hydrogens is 260 g/mol. The number of ether oxygens (including phenoxy) is 1. The third-order valence-corrected chi connectivity index (χ3v) is 5.40. The van der Waals surface area contributed by atoms with E-state index in [-0.39, 0.29) is 0 Å². The summed E-state index contributed by atoms with van der Waals surface area (Å²) in [4.78, 5) is 2.62. The molecule has 2 aliphatic heterocycles. The lowest BCUT2D eigenvalue weighted by atomic mass is 9.94. The van der Waals surface area contributed by atoms with Crippen molar-refractivity contribution in [2.45, 2.75) is 63.2 Å². The summed E-state index contributed by atoms with van der Waals surface area (Å²) in [6.07, 6.45) is 6.50. The maximum atomic E-state index is 5.27. The zero-order chi connectivity index (χ0) is 14.8. The van der Waals surface area contributed by atoms with Crippen molar-refractivity contribution in [3.63, 3.8) is 0 Å². The SMILES string of the molecule is CCC(c1ccc(OC)cc1)N(C)C1CC2CCC(C1)N2. The number of nitrogens with one attached hydrogen (secondary N) is 1. The van der Waals surface area contributed by atoms with Crippen molar-refractivity contribution in [1.29, 1.82) is 0 Å². The molecule has 0 aliphatic carbocycles. The molecule has 1 N–H and O–H groups in total. The summed E-state index contributed by atoms with van der Waals surface area (Å²) < 4.78 is 5.27. The Morgan fingerprint density at radius 3 is 2.33 bits per heavy atom. The molecule has 1 aromatic carbocycles. The topological polar surface area (TPSA) is 24.5 Å². The van der Waals surface area contributed by atoms with Crippen LogP contribution in [0.1, 0.15) is 50.6 Å². The monoisotopic (exact) mass is 288 g/mol. The fraction of sp³-hybridized carbons (Fsp3) is 0.667. The Balaban J connectivity index is 1.72. The van der Waals surface area contributed by atoms with Gasteiger partial charge in [0.05, 0.1) is 7.11 Å². The van der Waals surface area contributed by atoms with Gasteiger partial charge in [-0.05, 0) is 56.8 Å². The van der Waals surface area contributed by atoms with Crippen molar-refractivity contribution in [3.8, 4) is 5.75 Å². The maximum Gasteiger partial charge on any atom is 0.118 e. The van der Waals surface area contributed by atoms with E-state index in [0.29, 0.717) is 6.04 Å². The predicted octanol–water partition coefficient (Wildman–Crippen LogP) is 3.36. The molecule has 21 heavy (non-hydrogen) atoms. The highest BCUT2D eigenvalue weighted by Crippen LogP contribution is 2.34. The van der Waals surface area contributed by atoms with E-state index in [4.69, 9.17) is 4.74 Å². The van der Waals surface area contributed by atoms with Gasteiger partial charge in [-0.25, -0.2) is 0 Å². The molecule has 0 amide bonds. The smallest absolute Gasteiger partial charge is 0.118 e. The van der Waals surface area contributed by atoms with E-state index in [0.717, 1.165) is 30.3 Å². The van der Waals surface area contributed by atoms with Crippen LogP contribution in [0, 0.1) is 0 Å². The zero-order valence-electron chi connectivity index (χ0n) is 13.5. The fourth-order valence-electron chi connectivity index (χ4n) is 4.20. The zero-order valence-corrected chi connectivity index (χ0v) is 13.5. The molecule has 1 aromatic rings. The molecule has 3 rings (SSSR count). The minimum atomic E-state index is 0.512. The number of methoxy groups -OCH3 is 1. The second-order valence-corrected chi connectivity index (χ2v) is 6.63. The van der Waals surface area contributed by atoms with Gasteiger partial charge in [0.2, 0.25) is 0 Å². The van der Waals surface area contributed by atoms with Gasteiger partial charge in [-0.15, -0.1) is 0 Å². The van der Waals surface area contributed by atoms with Gasteiger partial charge in [-0.3, -0.25) is 4.90 Å². The molecule has 2 fully saturated rings. The maximum absolute atomic E-state index is 5.27. The highest BCUT2D eigenvalue weighted by Gasteiger charge is 2.36. The summed E-state index contributed by atoms with van der Waals surface area (Å²) in [5, 5.41) is 3.74. The molecule has 0 saturated carbocycles. The minimum absolute atomic E-state index is 0.512. The molecule has 3 heteroatoms. The Bertz CT molecular complexity index is 447. The number of nitrogens with zero attached hydrogens (tertiary/aromatic N) is 1. The van der Waals surface area contributed by atoms with Crippen molar-refractivity contribution in [2.24, 2.45) is 0 Å². The van der Waals surface area contributed by atoms with Crippen LogP contribution in [-0.2, 0) is 0 Å². The quantitative estimate of drug-likeness (QED) is 0.899. The first kappa shape index (κ1) is 14.9. The number of benzene rings is 1. The number of fused-ring (bicyclic) bond motifs is 2. The molecule has 3 unspecified atom stereocenters. The number of rotatable bonds is 5. The van der Waals surface area contributed by atoms with Gasteiger partial charge in [0, 0.05) is 24.2 Å². The first-order valence-corrected chi connectivity index (χ1v) is 8.33. The van der Waals surface area contributed by atoms with Gasteiger partial charge in [-0.2, -0.15) is 0 Å². The Kier molecular flexibility index (Phi) is 4.51. The standard InChI is InChI=1S/C18H28N2O/c1-4-18(13-5-9-17(21-3)10-6-13)20(2)16-11-14-7-8-15(12-16)19-14/h5-6,9-10,14-16,18-19H,4,7-8,11-12H2,1-3H3. The van der Waals surface area contributed by atoms with E-state index in [1.165, 1.54) is 31.2 Å². The highest BCUT2D eigenvalue weighted by molar-refractivity contribution is 5.29. The molecule has 3 nitrogen and oxygen atoms in total. The number of hydrogen-bond acceptors (Lipinski definition) is 3. The summed E-state index contributed by atoms with van der Waals surface area (Å²) in [5.41, 5.74) is 1.41. The summed E-state index contributed by atoms with van der Waals surface area (Å²) in [6, 6.07) is 11.3. The summed E-state index contributed by atoms with van der Waals surface area (Å²) >= 11 is 0. The van der Waals surface area contributed by atoms with Gasteiger partial charge < -0.3 is 10.1 Å². The van der Waals surface area contributed by atoms with Crippen LogP contribution in [0.15, 0.2) is 24.3 Å². The molecule has 0 aromatic heterocycles. The average Bonchev–Trinajstić information content (AvgIpc) is 2.86. The van der Waals surface area contributed by atoms with Crippen LogP contribution in [-0.4, -0.2) is 37.2 Å². The molecular formula is C18H28N2O. The Morgan fingerprint density at radius 1 is 1.19 bits per heavy atom. The lowest BCUT2D eigenvalue weighted by Gasteiger charge is -2.40. The Hall–Kier alpha value is -1.06. The summed E-state index contributed by atoms with van der Waals surface area (Å²) in [5.74, 6) is 0.941. The van der Waals surface area contributed by atoms with Crippen molar-refractivity contribution >= 4 is 0 Å². The summed E-state index contributed by atoms with van der Waals surface area (Å²) in [6.45, 7) is 2.29. The lowest BCUT2D eigenvalue weighted by molar-refractivity contribution is 0.121. The van der Waals surface area contributed by atoms with E-state index in [2.05, 4.69) is 48.5 Å². The minimum Gasteiger partial charge on any atom is -0.497 e. The van der Waals surface area contributed by atoms with Gasteiger partial charge in [-0.1, -0.05) is 19.1 Å². The van der Waals surface area contributed by atoms with Crippen molar-refractivity contribution in [2.75, 3.05) is 14.2 Å². The van der Waals surface area contributed by atoms with E-state index >= 15 is 0 Å². The van der Waals surface area contributed by atoms with Gasteiger partial charge >= 0.3 is 0 Å². The third kappa shape index (κ3) is 3.09. The molecule has 2 bridgehead atoms. The lowest BCUT2D eigenvalue weighted by Crippen LogP contribution is -2.47. The second-order valence-electron chi connectivity index (χ2n) is 6.63. The van der Waals surface area contributed by atoms with Gasteiger partial charge in [0.1, 0.15) is 5.75 Å². The van der Waals surface area contributed by atoms with Crippen molar-refractivity contribution < 1.29 is 4.74 Å². The molecule has 3 atom stereocenters. The van der Waals surface area contributed by atoms with E-state index in [1.54, 1.807) is 7.11 Å². The fourth-order valence-corrected chi connectivity index (χ4v) is 4.20. The normalized spacial score (nSPS) is 29.6. The number of piperidine rings is 1. The third-order valence-electron chi connectivity index (χ3n) is 5.40. The molecule has 116 valence electrons. The van der Waals surface area contributed by atoms with Crippen LogP contribution >= 0.6 is 0 Å². The molecule has 2 aliphatic rings. The molecule has 0 spiro atoms.